The highest BCUT2D eigenvalue weighted by molar-refractivity contribution is 7.89. The molecule has 1 aliphatic rings. The van der Waals surface area contributed by atoms with Crippen LogP contribution >= 0.6 is 0 Å². The second kappa shape index (κ2) is 6.31. The fraction of sp³-hybridized carbons (Fsp3) is 0.538. The van der Waals surface area contributed by atoms with Gasteiger partial charge in [-0.2, -0.15) is 9.57 Å². The summed E-state index contributed by atoms with van der Waals surface area (Å²) in [7, 11) is -1.85. The van der Waals surface area contributed by atoms with Crippen LogP contribution < -0.4 is 0 Å². The number of nitriles is 1. The lowest BCUT2D eigenvalue weighted by molar-refractivity contribution is 0.121. The maximum absolute atomic E-state index is 12.4. The SMILES string of the molecule is COCC1CCN(S(=O)(=O)c2ccc(C#N)nc2)CC1. The van der Waals surface area contributed by atoms with Crippen molar-refractivity contribution in [1.82, 2.24) is 9.29 Å². The van der Waals surface area contributed by atoms with E-state index in [0.717, 1.165) is 12.8 Å². The third-order valence-electron chi connectivity index (χ3n) is 3.46. The van der Waals surface area contributed by atoms with Gasteiger partial charge in [-0.25, -0.2) is 13.4 Å². The zero-order valence-corrected chi connectivity index (χ0v) is 12.1. The van der Waals surface area contributed by atoms with Crippen LogP contribution in [0.4, 0.5) is 0 Å². The Labute approximate surface area is 119 Å². The molecular weight excluding hydrogens is 278 g/mol. The largest absolute Gasteiger partial charge is 0.384 e. The van der Waals surface area contributed by atoms with Gasteiger partial charge in [0.1, 0.15) is 16.7 Å². The summed E-state index contributed by atoms with van der Waals surface area (Å²) in [6.07, 6.45) is 2.85. The molecule has 1 saturated heterocycles. The molecule has 0 unspecified atom stereocenters. The summed E-state index contributed by atoms with van der Waals surface area (Å²) in [5.41, 5.74) is 0.211. The molecular formula is C13H17N3O3S. The van der Waals surface area contributed by atoms with Crippen molar-refractivity contribution in [2.45, 2.75) is 17.7 Å². The van der Waals surface area contributed by atoms with Crippen LogP contribution in [0.2, 0.25) is 0 Å². The quantitative estimate of drug-likeness (QED) is 0.827. The molecule has 1 aromatic heterocycles. The van der Waals surface area contributed by atoms with E-state index in [1.807, 2.05) is 6.07 Å². The minimum atomic E-state index is -3.50. The first-order valence-electron chi connectivity index (χ1n) is 6.43. The molecule has 7 heteroatoms. The van der Waals surface area contributed by atoms with Crippen molar-refractivity contribution in [1.29, 1.82) is 5.26 Å². The predicted octanol–water partition coefficient (Wildman–Crippen LogP) is 1.00. The Bertz CT molecular complexity index is 584. The highest BCUT2D eigenvalue weighted by Gasteiger charge is 2.29. The first-order valence-corrected chi connectivity index (χ1v) is 7.87. The van der Waals surface area contributed by atoms with Crippen molar-refractivity contribution in [3.05, 3.63) is 24.0 Å². The van der Waals surface area contributed by atoms with E-state index in [9.17, 15) is 8.42 Å². The Hall–Kier alpha value is -1.49. The van der Waals surface area contributed by atoms with Crippen molar-refractivity contribution in [3.8, 4) is 6.07 Å². The van der Waals surface area contributed by atoms with Crippen LogP contribution in [-0.2, 0) is 14.8 Å². The van der Waals surface area contributed by atoms with Gasteiger partial charge in [0.2, 0.25) is 10.0 Å². The van der Waals surface area contributed by atoms with Gasteiger partial charge in [0.15, 0.2) is 0 Å². The van der Waals surface area contributed by atoms with Crippen molar-refractivity contribution < 1.29 is 13.2 Å². The van der Waals surface area contributed by atoms with Gasteiger partial charge in [0.25, 0.3) is 0 Å². The van der Waals surface area contributed by atoms with Gasteiger partial charge >= 0.3 is 0 Å². The smallest absolute Gasteiger partial charge is 0.244 e. The van der Waals surface area contributed by atoms with Crippen LogP contribution in [0, 0.1) is 17.2 Å². The number of hydrogen-bond acceptors (Lipinski definition) is 5. The molecule has 0 N–H and O–H groups in total. The van der Waals surface area contributed by atoms with Gasteiger partial charge in [-0.3, -0.25) is 0 Å². The van der Waals surface area contributed by atoms with E-state index in [2.05, 4.69) is 4.98 Å². The van der Waals surface area contributed by atoms with Gasteiger partial charge in [-0.05, 0) is 30.9 Å². The molecule has 2 rings (SSSR count). The average molecular weight is 295 g/mol. The number of aromatic nitrogens is 1. The van der Waals surface area contributed by atoms with E-state index < -0.39 is 10.0 Å². The third kappa shape index (κ3) is 3.15. The molecule has 1 fully saturated rings. The van der Waals surface area contributed by atoms with E-state index in [4.69, 9.17) is 10.00 Å². The molecule has 0 spiro atoms. The van der Waals surface area contributed by atoms with Crippen LogP contribution in [0.25, 0.3) is 0 Å². The van der Waals surface area contributed by atoms with Crippen LogP contribution in [0.1, 0.15) is 18.5 Å². The fourth-order valence-corrected chi connectivity index (χ4v) is 3.72. The van der Waals surface area contributed by atoms with Gasteiger partial charge < -0.3 is 4.74 Å². The van der Waals surface area contributed by atoms with Gasteiger partial charge in [-0.15, -0.1) is 0 Å². The molecule has 108 valence electrons. The molecule has 6 nitrogen and oxygen atoms in total. The van der Waals surface area contributed by atoms with Gasteiger partial charge in [0.05, 0.1) is 0 Å². The minimum absolute atomic E-state index is 0.140. The zero-order valence-electron chi connectivity index (χ0n) is 11.3. The van der Waals surface area contributed by atoms with E-state index in [1.54, 1.807) is 7.11 Å². The van der Waals surface area contributed by atoms with E-state index >= 15 is 0 Å². The maximum atomic E-state index is 12.4. The zero-order chi connectivity index (χ0) is 14.6. The Kier molecular flexibility index (Phi) is 4.70. The van der Waals surface area contributed by atoms with Crippen LogP contribution in [0.3, 0.4) is 0 Å². The van der Waals surface area contributed by atoms with E-state index in [1.165, 1.54) is 22.6 Å². The molecule has 0 aromatic carbocycles. The number of piperidine rings is 1. The third-order valence-corrected chi connectivity index (χ3v) is 5.35. The summed E-state index contributed by atoms with van der Waals surface area (Å²) in [4.78, 5) is 3.96. The molecule has 2 heterocycles. The van der Waals surface area contributed by atoms with Gasteiger partial charge in [0, 0.05) is 33.0 Å². The summed E-state index contributed by atoms with van der Waals surface area (Å²) in [6, 6.07) is 4.73. The molecule has 0 aliphatic carbocycles. The van der Waals surface area contributed by atoms with Crippen molar-refractivity contribution in [2.75, 3.05) is 26.8 Å². The molecule has 20 heavy (non-hydrogen) atoms. The second-order valence-electron chi connectivity index (χ2n) is 4.79. The monoisotopic (exact) mass is 295 g/mol. The molecule has 0 atom stereocenters. The van der Waals surface area contributed by atoms with Crippen LogP contribution in [-0.4, -0.2) is 44.5 Å². The average Bonchev–Trinajstić information content (AvgIpc) is 2.48. The number of rotatable bonds is 4. The minimum Gasteiger partial charge on any atom is -0.384 e. The highest BCUT2D eigenvalue weighted by atomic mass is 32.2. The van der Waals surface area contributed by atoms with Crippen LogP contribution in [0.5, 0.6) is 0 Å². The Morgan fingerprint density at radius 1 is 1.45 bits per heavy atom. The Morgan fingerprint density at radius 3 is 2.65 bits per heavy atom. The second-order valence-corrected chi connectivity index (χ2v) is 6.73. The summed E-state index contributed by atoms with van der Waals surface area (Å²) >= 11 is 0. The lowest BCUT2D eigenvalue weighted by atomic mass is 9.99. The topological polar surface area (TPSA) is 83.3 Å². The van der Waals surface area contributed by atoms with Gasteiger partial charge in [-0.1, -0.05) is 0 Å². The summed E-state index contributed by atoms with van der Waals surface area (Å²) in [5, 5.41) is 8.68. The molecule has 1 aromatic rings. The number of sulfonamides is 1. The van der Waals surface area contributed by atoms with E-state index in [0.29, 0.717) is 25.6 Å². The highest BCUT2D eigenvalue weighted by Crippen LogP contribution is 2.23. The number of hydrogen-bond donors (Lipinski definition) is 0. The summed E-state index contributed by atoms with van der Waals surface area (Å²) in [6.45, 7) is 1.67. The molecule has 1 aliphatic heterocycles. The lowest BCUT2D eigenvalue weighted by Crippen LogP contribution is -2.39. The standard InChI is InChI=1S/C13H17N3O3S/c1-19-10-11-4-6-16(7-5-11)20(17,18)13-3-2-12(8-14)15-9-13/h2-3,9,11H,4-7,10H2,1H3. The fourth-order valence-electron chi connectivity index (χ4n) is 2.30. The number of nitrogens with zero attached hydrogens (tertiary/aromatic N) is 3. The maximum Gasteiger partial charge on any atom is 0.244 e. The van der Waals surface area contributed by atoms with Crippen molar-refractivity contribution in [2.24, 2.45) is 5.92 Å². The number of ether oxygens (including phenoxy) is 1. The normalized spacial score (nSPS) is 17.8. The van der Waals surface area contributed by atoms with Crippen LogP contribution in [0.15, 0.2) is 23.2 Å². The van der Waals surface area contributed by atoms with Crippen molar-refractivity contribution >= 4 is 10.0 Å². The van der Waals surface area contributed by atoms with E-state index in [-0.39, 0.29) is 10.6 Å². The summed E-state index contributed by atoms with van der Waals surface area (Å²) < 4.78 is 31.4. The Balaban J connectivity index is 2.09. The lowest BCUT2D eigenvalue weighted by Gasteiger charge is -2.30. The molecule has 0 saturated carbocycles. The first-order chi connectivity index (χ1) is 9.57. The molecule has 0 amide bonds. The first kappa shape index (κ1) is 14.9. The number of methoxy groups -OCH3 is 1. The molecule has 0 bridgehead atoms. The number of pyridine rings is 1. The Morgan fingerprint density at radius 2 is 2.15 bits per heavy atom. The predicted molar refractivity (Wildman–Crippen MR) is 72.3 cm³/mol. The summed E-state index contributed by atoms with van der Waals surface area (Å²) in [5.74, 6) is 0.422. The van der Waals surface area contributed by atoms with Crippen molar-refractivity contribution in [3.63, 3.8) is 0 Å². The molecule has 0 radical (unpaired) electrons.